The zero-order chi connectivity index (χ0) is 36.1. The number of benzene rings is 1. The van der Waals surface area contributed by atoms with Crippen molar-refractivity contribution in [2.45, 2.75) is 56.3 Å². The van der Waals surface area contributed by atoms with E-state index in [0.29, 0.717) is 12.2 Å². The number of hydrogen-bond acceptors (Lipinski definition) is 13. The summed E-state index contributed by atoms with van der Waals surface area (Å²) < 4.78 is 110. The molecule has 0 aliphatic carbocycles. The third-order valence-electron chi connectivity index (χ3n) is 6.93. The Bertz CT molecular complexity index is 1380. The molecule has 2 heterocycles. The van der Waals surface area contributed by atoms with Gasteiger partial charge in [-0.2, -0.15) is 8.78 Å². The Labute approximate surface area is 275 Å². The van der Waals surface area contributed by atoms with Gasteiger partial charge < -0.3 is 53.5 Å². The molecule has 16 nitrogen and oxygen atoms in total. The second-order valence-electron chi connectivity index (χ2n) is 10.6. The summed E-state index contributed by atoms with van der Waals surface area (Å²) in [6, 6.07) is 0. The first-order valence-electron chi connectivity index (χ1n) is 14.9. The van der Waals surface area contributed by atoms with Gasteiger partial charge in [0.1, 0.15) is 18.3 Å². The normalized spacial score (nSPS) is 21.3. The van der Waals surface area contributed by atoms with Crippen LogP contribution in [0, 0.1) is 29.1 Å². The number of rotatable bonds is 21. The second kappa shape index (κ2) is 19.6. The molecule has 1 saturated heterocycles. The fourth-order valence-electron chi connectivity index (χ4n) is 4.39. The quantitative estimate of drug-likeness (QED) is 0.0216. The fourth-order valence-corrected chi connectivity index (χ4v) is 4.98. The predicted molar refractivity (Wildman–Crippen MR) is 152 cm³/mol. The molecule has 278 valence electrons. The minimum atomic E-state index is -4.36. The van der Waals surface area contributed by atoms with Crippen LogP contribution in [0.5, 0.6) is 5.75 Å². The van der Waals surface area contributed by atoms with Gasteiger partial charge in [-0.15, -0.1) is 5.10 Å². The van der Waals surface area contributed by atoms with E-state index in [1.165, 1.54) is 4.68 Å². The molecule has 3 rings (SSSR count). The summed E-state index contributed by atoms with van der Waals surface area (Å²) in [6.07, 6.45) is -6.35. The van der Waals surface area contributed by atoms with Crippen LogP contribution in [0.1, 0.15) is 18.5 Å². The molecular formula is C27H37F5N3O13P. The van der Waals surface area contributed by atoms with Crippen molar-refractivity contribution in [2.24, 2.45) is 0 Å². The second-order valence-corrected chi connectivity index (χ2v) is 12.4. The van der Waals surface area contributed by atoms with Crippen LogP contribution in [-0.2, 0) is 46.0 Å². The van der Waals surface area contributed by atoms with Crippen molar-refractivity contribution in [1.29, 1.82) is 0 Å². The average molecular weight is 738 g/mol. The van der Waals surface area contributed by atoms with E-state index in [1.54, 1.807) is 6.20 Å². The van der Waals surface area contributed by atoms with Gasteiger partial charge in [-0.05, 0) is 6.42 Å². The first kappa shape index (κ1) is 40.7. The number of nitrogens with zero attached hydrogens (tertiary/aromatic N) is 3. The maximum atomic E-state index is 13.6. The monoisotopic (exact) mass is 737 g/mol. The number of hydrogen-bond donors (Lipinski definition) is 5. The van der Waals surface area contributed by atoms with Crippen molar-refractivity contribution in [3.05, 3.63) is 41.0 Å². The SMILES string of the molecule is O=C(CCOCCOCCOCCOCCn1cc(C[C@H]2O[C@H](CCP(=O)(O)O)[C@@H](O)[C@H](O)[C@@H]2O)nn1)Oc1c(F)c(F)c(F)c(F)c1F. The van der Waals surface area contributed by atoms with Crippen LogP contribution in [0.15, 0.2) is 6.20 Å². The van der Waals surface area contributed by atoms with Crippen molar-refractivity contribution in [1.82, 2.24) is 15.0 Å². The van der Waals surface area contributed by atoms with Crippen molar-refractivity contribution in [3.63, 3.8) is 0 Å². The lowest BCUT2D eigenvalue weighted by Gasteiger charge is -2.40. The highest BCUT2D eigenvalue weighted by Crippen LogP contribution is 2.37. The molecule has 1 aliphatic heterocycles. The minimum Gasteiger partial charge on any atom is -0.420 e. The van der Waals surface area contributed by atoms with Gasteiger partial charge in [0.2, 0.25) is 34.8 Å². The van der Waals surface area contributed by atoms with Crippen molar-refractivity contribution >= 4 is 13.6 Å². The average Bonchev–Trinajstić information content (AvgIpc) is 3.51. The van der Waals surface area contributed by atoms with Crippen LogP contribution < -0.4 is 4.74 Å². The molecule has 5 N–H and O–H groups in total. The minimum absolute atomic E-state index is 0.0187. The van der Waals surface area contributed by atoms with Gasteiger partial charge in [0.15, 0.2) is 0 Å². The van der Waals surface area contributed by atoms with Gasteiger partial charge in [-0.3, -0.25) is 9.36 Å². The molecular weight excluding hydrogens is 700 g/mol. The van der Waals surface area contributed by atoms with E-state index in [1.807, 2.05) is 0 Å². The van der Waals surface area contributed by atoms with E-state index in [2.05, 4.69) is 15.0 Å². The molecule has 22 heteroatoms. The number of aromatic nitrogens is 3. The molecule has 0 spiro atoms. The zero-order valence-corrected chi connectivity index (χ0v) is 26.7. The molecule has 0 unspecified atom stereocenters. The van der Waals surface area contributed by atoms with Crippen LogP contribution in [0.2, 0.25) is 0 Å². The highest BCUT2D eigenvalue weighted by molar-refractivity contribution is 7.51. The number of carbonyl (C=O) groups excluding carboxylic acids is 1. The summed E-state index contributed by atoms with van der Waals surface area (Å²) in [5.41, 5.74) is 0.406. The summed E-state index contributed by atoms with van der Waals surface area (Å²) in [7, 11) is -4.36. The number of ether oxygens (including phenoxy) is 6. The summed E-state index contributed by atoms with van der Waals surface area (Å²) in [4.78, 5) is 29.8. The van der Waals surface area contributed by atoms with Gasteiger partial charge >= 0.3 is 13.6 Å². The van der Waals surface area contributed by atoms with Gasteiger partial charge in [-0.25, -0.2) is 17.9 Å². The standard InChI is InChI=1S/C27H37F5N3O13P/c28-19-20(29)22(31)27(23(32)21(19)30)48-18(36)1-4-43-6-8-45-10-11-46-9-7-44-5-3-35-14-15(33-34-35)13-17-25(38)26(39)24(37)16(47-17)2-12-49(40,41)42/h14,16-17,24-26,37-39H,1-13H2,(H2,40,41,42)/t16-,17-,24-,25-,26+/m1/s1. The molecule has 0 radical (unpaired) electrons. The topological polar surface area (TPSA) is 221 Å². The van der Waals surface area contributed by atoms with E-state index in [9.17, 15) is 46.6 Å². The van der Waals surface area contributed by atoms with E-state index < -0.39 is 91.5 Å². The predicted octanol–water partition coefficient (Wildman–Crippen LogP) is -0.00390. The fraction of sp³-hybridized carbons (Fsp3) is 0.667. The molecule has 2 aromatic rings. The molecule has 0 amide bonds. The smallest absolute Gasteiger partial charge is 0.325 e. The van der Waals surface area contributed by atoms with E-state index in [4.69, 9.17) is 33.5 Å². The Morgan fingerprint density at radius 2 is 1.29 bits per heavy atom. The lowest BCUT2D eigenvalue weighted by atomic mass is 9.92. The van der Waals surface area contributed by atoms with Crippen molar-refractivity contribution < 1.29 is 84.8 Å². The Balaban J connectivity index is 1.18. The van der Waals surface area contributed by atoms with Gasteiger partial charge in [0, 0.05) is 12.6 Å². The first-order chi connectivity index (χ1) is 23.2. The molecule has 49 heavy (non-hydrogen) atoms. The third-order valence-corrected chi connectivity index (χ3v) is 7.77. The molecule has 0 bridgehead atoms. The first-order valence-corrected chi connectivity index (χ1v) is 16.7. The third kappa shape index (κ3) is 12.9. The van der Waals surface area contributed by atoms with E-state index in [-0.39, 0.29) is 65.7 Å². The molecule has 1 fully saturated rings. The maximum absolute atomic E-state index is 13.6. The molecule has 1 aromatic carbocycles. The van der Waals surface area contributed by atoms with Crippen molar-refractivity contribution in [2.75, 3.05) is 59.0 Å². The molecule has 1 aliphatic rings. The zero-order valence-electron chi connectivity index (χ0n) is 25.8. The highest BCUT2D eigenvalue weighted by Gasteiger charge is 2.44. The lowest BCUT2D eigenvalue weighted by Crippen LogP contribution is -2.58. The Morgan fingerprint density at radius 3 is 1.86 bits per heavy atom. The summed E-state index contributed by atoms with van der Waals surface area (Å²) >= 11 is 0. The summed E-state index contributed by atoms with van der Waals surface area (Å²) in [5.74, 6) is -14.3. The van der Waals surface area contributed by atoms with Crippen LogP contribution in [0.3, 0.4) is 0 Å². The van der Waals surface area contributed by atoms with Gasteiger partial charge in [0.05, 0.1) is 89.9 Å². The number of esters is 1. The number of aliphatic hydroxyl groups is 3. The van der Waals surface area contributed by atoms with Crippen LogP contribution in [0.25, 0.3) is 0 Å². The van der Waals surface area contributed by atoms with Gasteiger partial charge in [-0.1, -0.05) is 5.21 Å². The van der Waals surface area contributed by atoms with Crippen LogP contribution >= 0.6 is 7.60 Å². The summed E-state index contributed by atoms with van der Waals surface area (Å²) in [6.45, 7) is 1.39. The molecule has 0 saturated carbocycles. The lowest BCUT2D eigenvalue weighted by molar-refractivity contribution is -0.221. The number of carbonyl (C=O) groups is 1. The van der Waals surface area contributed by atoms with Crippen molar-refractivity contribution in [3.8, 4) is 5.75 Å². The molecule has 1 aromatic heterocycles. The molecule has 5 atom stereocenters. The van der Waals surface area contributed by atoms with Crippen LogP contribution in [0.4, 0.5) is 22.0 Å². The van der Waals surface area contributed by atoms with E-state index in [0.717, 1.165) is 0 Å². The largest absolute Gasteiger partial charge is 0.420 e. The van der Waals surface area contributed by atoms with Gasteiger partial charge in [0.25, 0.3) is 0 Å². The highest BCUT2D eigenvalue weighted by atomic mass is 31.2. The number of aliphatic hydroxyl groups excluding tert-OH is 3. The van der Waals surface area contributed by atoms with E-state index >= 15 is 0 Å². The Morgan fingerprint density at radius 1 is 0.776 bits per heavy atom. The Kier molecular flexibility index (Phi) is 16.3. The van der Waals surface area contributed by atoms with Crippen LogP contribution in [-0.4, -0.2) is 136 Å². The maximum Gasteiger partial charge on any atom is 0.325 e. The summed E-state index contributed by atoms with van der Waals surface area (Å²) in [5, 5.41) is 38.5. The number of halogens is 5. The Hall–Kier alpha value is -2.69.